The molecule has 0 unspecified atom stereocenters. The largest absolute Gasteiger partial charge is 0.491 e. The van der Waals surface area contributed by atoms with Crippen molar-refractivity contribution < 1.29 is 28.7 Å². The van der Waals surface area contributed by atoms with Crippen LogP contribution in [0.25, 0.3) is 0 Å². The zero-order valence-electron chi connectivity index (χ0n) is 23.0. The molecule has 2 atom stereocenters. The first-order valence-electron chi connectivity index (χ1n) is 13.5. The lowest BCUT2D eigenvalue weighted by Crippen LogP contribution is -2.32. The lowest BCUT2D eigenvalue weighted by atomic mass is 9.97. The summed E-state index contributed by atoms with van der Waals surface area (Å²) in [6.45, 7) is 7.73. The Bertz CT molecular complexity index is 1340. The Balaban J connectivity index is 1.34. The van der Waals surface area contributed by atoms with Crippen LogP contribution in [0.3, 0.4) is 0 Å². The van der Waals surface area contributed by atoms with Gasteiger partial charge in [-0.25, -0.2) is 9.80 Å². The van der Waals surface area contributed by atoms with E-state index < -0.39 is 11.8 Å². The number of carbonyl (C=O) groups is 4. The van der Waals surface area contributed by atoms with Crippen molar-refractivity contribution in [3.63, 3.8) is 0 Å². The summed E-state index contributed by atoms with van der Waals surface area (Å²) in [7, 11) is 0. The Kier molecular flexibility index (Phi) is 7.43. The summed E-state index contributed by atoms with van der Waals surface area (Å²) in [6.07, 6.45) is 0.122. The highest BCUT2D eigenvalue weighted by Gasteiger charge is 2.43. The molecule has 8 nitrogen and oxygen atoms in total. The van der Waals surface area contributed by atoms with Gasteiger partial charge in [0.15, 0.2) is 0 Å². The van der Waals surface area contributed by atoms with Crippen molar-refractivity contribution >= 4 is 35.0 Å². The second-order valence-electron chi connectivity index (χ2n) is 10.6. The number of rotatable bonds is 8. The van der Waals surface area contributed by atoms with Gasteiger partial charge in [0.05, 0.1) is 35.4 Å². The predicted molar refractivity (Wildman–Crippen MR) is 151 cm³/mol. The van der Waals surface area contributed by atoms with Crippen molar-refractivity contribution in [1.29, 1.82) is 0 Å². The number of nitrogens with zero attached hydrogens (tertiary/aromatic N) is 2. The van der Waals surface area contributed by atoms with E-state index >= 15 is 0 Å². The summed E-state index contributed by atoms with van der Waals surface area (Å²) >= 11 is 0. The van der Waals surface area contributed by atoms with E-state index in [9.17, 15) is 19.2 Å². The summed E-state index contributed by atoms with van der Waals surface area (Å²) in [5.41, 5.74) is 2.11. The fourth-order valence-corrected chi connectivity index (χ4v) is 5.20. The van der Waals surface area contributed by atoms with E-state index in [4.69, 9.17) is 9.47 Å². The molecular formula is C32H32N2O6. The molecule has 2 aliphatic heterocycles. The van der Waals surface area contributed by atoms with E-state index in [1.165, 1.54) is 0 Å². The number of hydrogen-bond acceptors (Lipinski definition) is 6. The molecule has 206 valence electrons. The molecule has 0 N–H and O–H groups in total. The van der Waals surface area contributed by atoms with Crippen LogP contribution in [0.5, 0.6) is 11.5 Å². The molecule has 3 aromatic rings. The fourth-order valence-electron chi connectivity index (χ4n) is 5.20. The second-order valence-corrected chi connectivity index (χ2v) is 10.6. The van der Waals surface area contributed by atoms with Gasteiger partial charge in [0.25, 0.3) is 0 Å². The number of anilines is 2. The lowest BCUT2D eigenvalue weighted by Gasteiger charge is -2.20. The Morgan fingerprint density at radius 2 is 0.975 bits per heavy atom. The number of carbonyl (C=O) groups excluding carboxylic acids is 4. The molecule has 0 bridgehead atoms. The Morgan fingerprint density at radius 3 is 1.32 bits per heavy atom. The molecule has 2 saturated heterocycles. The van der Waals surface area contributed by atoms with E-state index in [0.717, 1.165) is 20.9 Å². The van der Waals surface area contributed by atoms with E-state index in [1.54, 1.807) is 72.8 Å². The number of imide groups is 2. The maximum atomic E-state index is 13.4. The molecule has 2 aliphatic rings. The topological polar surface area (TPSA) is 93.2 Å². The Morgan fingerprint density at radius 1 is 0.600 bits per heavy atom. The number of ether oxygens (including phenoxy) is 2. The average Bonchev–Trinajstić information content (AvgIpc) is 3.38. The van der Waals surface area contributed by atoms with Crippen LogP contribution in [0.15, 0.2) is 72.8 Å². The highest BCUT2D eigenvalue weighted by Crippen LogP contribution is 2.38. The van der Waals surface area contributed by atoms with E-state index in [0.29, 0.717) is 22.9 Å². The molecule has 8 heteroatoms. The summed E-state index contributed by atoms with van der Waals surface area (Å²) in [4.78, 5) is 55.1. The SMILES string of the molecule is CC(C)Oc1ccc([C@H]2CC(=O)N(c3cccc(N4C(=O)C[C@H](c5ccc(OC(C)C)cc5)C4=O)c3)C2=O)cc1. The molecule has 2 heterocycles. The van der Waals surface area contributed by atoms with Crippen molar-refractivity contribution in [2.45, 2.75) is 64.6 Å². The van der Waals surface area contributed by atoms with E-state index in [1.807, 2.05) is 27.7 Å². The third kappa shape index (κ3) is 5.34. The van der Waals surface area contributed by atoms with Gasteiger partial charge in [-0.15, -0.1) is 0 Å². The molecule has 2 fully saturated rings. The first-order valence-corrected chi connectivity index (χ1v) is 13.5. The van der Waals surface area contributed by atoms with Gasteiger partial charge in [-0.3, -0.25) is 19.2 Å². The molecular weight excluding hydrogens is 508 g/mol. The van der Waals surface area contributed by atoms with Crippen molar-refractivity contribution in [2.75, 3.05) is 9.80 Å². The van der Waals surface area contributed by atoms with Crippen LogP contribution in [0.1, 0.15) is 63.5 Å². The molecule has 4 amide bonds. The third-order valence-electron chi connectivity index (χ3n) is 6.95. The van der Waals surface area contributed by atoms with Gasteiger partial charge in [-0.1, -0.05) is 30.3 Å². The average molecular weight is 541 g/mol. The molecule has 0 aromatic heterocycles. The zero-order chi connectivity index (χ0) is 28.6. The molecule has 0 saturated carbocycles. The lowest BCUT2D eigenvalue weighted by molar-refractivity contribution is -0.123. The molecule has 5 rings (SSSR count). The van der Waals surface area contributed by atoms with Crippen LogP contribution in [-0.4, -0.2) is 35.8 Å². The highest BCUT2D eigenvalue weighted by atomic mass is 16.5. The maximum absolute atomic E-state index is 13.4. The van der Waals surface area contributed by atoms with Gasteiger partial charge < -0.3 is 9.47 Å². The van der Waals surface area contributed by atoms with Crippen LogP contribution < -0.4 is 19.3 Å². The van der Waals surface area contributed by atoms with Crippen molar-refractivity contribution in [3.05, 3.63) is 83.9 Å². The first kappa shape index (κ1) is 27.1. The summed E-state index contributed by atoms with van der Waals surface area (Å²) in [6, 6.07) is 20.8. The van der Waals surface area contributed by atoms with Crippen molar-refractivity contribution in [2.24, 2.45) is 0 Å². The smallest absolute Gasteiger partial charge is 0.241 e. The minimum absolute atomic E-state index is 0.0258. The van der Waals surface area contributed by atoms with Crippen molar-refractivity contribution in [3.8, 4) is 11.5 Å². The quantitative estimate of drug-likeness (QED) is 0.358. The third-order valence-corrected chi connectivity index (χ3v) is 6.95. The monoisotopic (exact) mass is 540 g/mol. The van der Waals surface area contributed by atoms with Gasteiger partial charge in [0, 0.05) is 12.8 Å². The standard InChI is InChI=1S/C32H32N2O6/c1-19(2)39-25-12-8-21(9-13-25)27-17-29(35)33(31(27)37)23-6-5-7-24(16-23)34-30(36)18-28(32(34)38)22-10-14-26(15-11-22)40-20(3)4/h5-16,19-20,27-28H,17-18H2,1-4H3/t27-,28-/m1/s1. The van der Waals surface area contributed by atoms with Crippen molar-refractivity contribution in [1.82, 2.24) is 0 Å². The van der Waals surface area contributed by atoms with Gasteiger partial charge in [-0.05, 0) is 81.3 Å². The van der Waals surface area contributed by atoms with Gasteiger partial charge in [0.2, 0.25) is 23.6 Å². The van der Waals surface area contributed by atoms with Gasteiger partial charge >= 0.3 is 0 Å². The first-order chi connectivity index (χ1) is 19.1. The number of hydrogen-bond donors (Lipinski definition) is 0. The van der Waals surface area contributed by atoms with Crippen LogP contribution in [0.2, 0.25) is 0 Å². The van der Waals surface area contributed by atoms with Gasteiger partial charge in [0.1, 0.15) is 11.5 Å². The van der Waals surface area contributed by atoms with Gasteiger partial charge in [-0.2, -0.15) is 0 Å². The second kappa shape index (κ2) is 11.0. The Labute approximate surface area is 233 Å². The van der Waals surface area contributed by atoms with Crippen LogP contribution in [-0.2, 0) is 19.2 Å². The Hall–Kier alpha value is -4.46. The summed E-state index contributed by atoms with van der Waals surface area (Å²) in [5.74, 6) is -1.22. The predicted octanol–water partition coefficient (Wildman–Crippen LogP) is 5.36. The number of benzene rings is 3. The van der Waals surface area contributed by atoms with E-state index in [-0.39, 0.29) is 48.7 Å². The molecule has 40 heavy (non-hydrogen) atoms. The highest BCUT2D eigenvalue weighted by molar-refractivity contribution is 6.25. The minimum Gasteiger partial charge on any atom is -0.491 e. The molecule has 0 radical (unpaired) electrons. The molecule has 0 aliphatic carbocycles. The molecule has 0 spiro atoms. The summed E-state index contributed by atoms with van der Waals surface area (Å²) < 4.78 is 11.4. The number of amides is 4. The maximum Gasteiger partial charge on any atom is 0.241 e. The normalized spacial score (nSPS) is 19.4. The van der Waals surface area contributed by atoms with Crippen LogP contribution in [0, 0.1) is 0 Å². The molecule has 3 aromatic carbocycles. The zero-order valence-corrected chi connectivity index (χ0v) is 23.0. The minimum atomic E-state index is -0.619. The van der Waals surface area contributed by atoms with Crippen LogP contribution in [0.4, 0.5) is 11.4 Å². The summed E-state index contributed by atoms with van der Waals surface area (Å²) in [5, 5.41) is 0. The van der Waals surface area contributed by atoms with E-state index in [2.05, 4.69) is 0 Å². The van der Waals surface area contributed by atoms with Crippen LogP contribution >= 0.6 is 0 Å². The fraction of sp³-hybridized carbons (Fsp3) is 0.312.